The van der Waals surface area contributed by atoms with Gasteiger partial charge < -0.3 is 4.90 Å². The lowest BCUT2D eigenvalue weighted by atomic mass is 9.51. The molecule has 76 valence electrons. The molecular weight excluding hydrogens is 158 g/mol. The predicted molar refractivity (Wildman–Crippen MR) is 56.7 cm³/mol. The molecule has 0 aromatic heterocycles. The molecule has 13 heavy (non-hydrogen) atoms. The van der Waals surface area contributed by atoms with Crippen molar-refractivity contribution < 1.29 is 0 Å². The van der Waals surface area contributed by atoms with Crippen LogP contribution < -0.4 is 0 Å². The van der Waals surface area contributed by atoms with Gasteiger partial charge in [-0.2, -0.15) is 0 Å². The highest BCUT2D eigenvalue weighted by Crippen LogP contribution is 2.58. The van der Waals surface area contributed by atoms with Gasteiger partial charge in [-0.1, -0.05) is 20.8 Å². The highest BCUT2D eigenvalue weighted by Gasteiger charge is 2.53. The van der Waals surface area contributed by atoms with Crippen LogP contribution in [0, 0.1) is 16.7 Å². The SMILES string of the molecule is CN1CC[C@]2(CCC2C(C)(C)C)C1. The Hall–Kier alpha value is -0.0400. The summed E-state index contributed by atoms with van der Waals surface area (Å²) in [6, 6.07) is 0. The van der Waals surface area contributed by atoms with E-state index in [1.165, 1.54) is 32.4 Å². The van der Waals surface area contributed by atoms with Crippen LogP contribution in [0.1, 0.15) is 40.0 Å². The van der Waals surface area contributed by atoms with Crippen LogP contribution in [0.3, 0.4) is 0 Å². The zero-order valence-electron chi connectivity index (χ0n) is 9.56. The number of nitrogens with zero attached hydrogens (tertiary/aromatic N) is 1. The molecule has 1 heterocycles. The van der Waals surface area contributed by atoms with Gasteiger partial charge in [-0.25, -0.2) is 0 Å². The lowest BCUT2D eigenvalue weighted by molar-refractivity contribution is -0.0363. The van der Waals surface area contributed by atoms with Gasteiger partial charge in [0.1, 0.15) is 0 Å². The molecule has 1 unspecified atom stereocenters. The van der Waals surface area contributed by atoms with Gasteiger partial charge in [-0.15, -0.1) is 0 Å². The number of rotatable bonds is 0. The molecule has 0 bridgehead atoms. The standard InChI is InChI=1S/C12H23N/c1-11(2,3)10-5-6-12(10)7-8-13(4)9-12/h10H,5-9H2,1-4H3/t10?,12-/m1/s1. The van der Waals surface area contributed by atoms with Crippen molar-refractivity contribution in [3.63, 3.8) is 0 Å². The summed E-state index contributed by atoms with van der Waals surface area (Å²) in [6.45, 7) is 9.92. The summed E-state index contributed by atoms with van der Waals surface area (Å²) in [7, 11) is 2.27. The predicted octanol–water partition coefficient (Wildman–Crippen LogP) is 2.76. The van der Waals surface area contributed by atoms with E-state index in [9.17, 15) is 0 Å². The first-order valence-electron chi connectivity index (χ1n) is 5.63. The van der Waals surface area contributed by atoms with Crippen LogP contribution in [0.15, 0.2) is 0 Å². The third kappa shape index (κ3) is 1.41. The van der Waals surface area contributed by atoms with E-state index in [1.807, 2.05) is 0 Å². The summed E-state index contributed by atoms with van der Waals surface area (Å²) in [5.74, 6) is 0.977. The average Bonchev–Trinajstić information content (AvgIpc) is 2.27. The minimum absolute atomic E-state index is 0.531. The van der Waals surface area contributed by atoms with Crippen LogP contribution in [0.5, 0.6) is 0 Å². The summed E-state index contributed by atoms with van der Waals surface area (Å²) in [5, 5.41) is 0. The van der Waals surface area contributed by atoms with Crippen LogP contribution in [0.2, 0.25) is 0 Å². The molecule has 1 aliphatic carbocycles. The van der Waals surface area contributed by atoms with Crippen LogP contribution >= 0.6 is 0 Å². The van der Waals surface area contributed by atoms with Gasteiger partial charge in [0.25, 0.3) is 0 Å². The van der Waals surface area contributed by atoms with Crippen LogP contribution in [0.25, 0.3) is 0 Å². The second kappa shape index (κ2) is 2.73. The third-order valence-electron chi connectivity index (χ3n) is 4.29. The first-order valence-corrected chi connectivity index (χ1v) is 5.63. The molecule has 1 spiro atoms. The molecule has 0 aromatic carbocycles. The van der Waals surface area contributed by atoms with Crippen molar-refractivity contribution in [3.05, 3.63) is 0 Å². The quantitative estimate of drug-likeness (QED) is 0.555. The zero-order chi connectivity index (χ0) is 9.69. The Kier molecular flexibility index (Phi) is 1.99. The first kappa shape index (κ1) is 9.51. The Morgan fingerprint density at radius 1 is 1.23 bits per heavy atom. The van der Waals surface area contributed by atoms with E-state index in [0.29, 0.717) is 10.8 Å². The highest BCUT2D eigenvalue weighted by atomic mass is 15.1. The van der Waals surface area contributed by atoms with Gasteiger partial charge >= 0.3 is 0 Å². The molecule has 1 heteroatoms. The second-order valence-corrected chi connectivity index (χ2v) is 6.31. The monoisotopic (exact) mass is 181 g/mol. The van der Waals surface area contributed by atoms with Gasteiger partial charge in [0.05, 0.1) is 0 Å². The lowest BCUT2D eigenvalue weighted by Gasteiger charge is -2.54. The molecule has 0 N–H and O–H groups in total. The summed E-state index contributed by atoms with van der Waals surface area (Å²) in [5.41, 5.74) is 1.25. The van der Waals surface area contributed by atoms with Crippen LogP contribution in [-0.2, 0) is 0 Å². The largest absolute Gasteiger partial charge is 0.306 e. The number of hydrogen-bond donors (Lipinski definition) is 0. The van der Waals surface area contributed by atoms with Crippen molar-refractivity contribution in [1.29, 1.82) is 0 Å². The van der Waals surface area contributed by atoms with E-state index in [-0.39, 0.29) is 0 Å². The van der Waals surface area contributed by atoms with Crippen molar-refractivity contribution in [1.82, 2.24) is 4.90 Å². The maximum Gasteiger partial charge on any atom is 0.00383 e. The van der Waals surface area contributed by atoms with Gasteiger partial charge in [0.15, 0.2) is 0 Å². The molecule has 1 saturated carbocycles. The maximum absolute atomic E-state index is 2.51. The Morgan fingerprint density at radius 3 is 2.23 bits per heavy atom. The molecule has 1 nitrogen and oxygen atoms in total. The van der Waals surface area contributed by atoms with Gasteiger partial charge in [0, 0.05) is 6.54 Å². The van der Waals surface area contributed by atoms with Gasteiger partial charge in [-0.05, 0) is 49.6 Å². The Bertz CT molecular complexity index is 204. The Morgan fingerprint density at radius 2 is 1.92 bits per heavy atom. The molecule has 2 rings (SSSR count). The molecule has 0 aromatic rings. The van der Waals surface area contributed by atoms with Crippen molar-refractivity contribution in [3.8, 4) is 0 Å². The number of likely N-dealkylation sites (tertiary alicyclic amines) is 1. The van der Waals surface area contributed by atoms with E-state index in [0.717, 1.165) is 5.92 Å². The van der Waals surface area contributed by atoms with Crippen molar-refractivity contribution in [2.24, 2.45) is 16.7 Å². The fraction of sp³-hybridized carbons (Fsp3) is 1.00. The van der Waals surface area contributed by atoms with E-state index in [4.69, 9.17) is 0 Å². The summed E-state index contributed by atoms with van der Waals surface area (Å²) in [4.78, 5) is 2.51. The fourth-order valence-corrected chi connectivity index (χ4v) is 3.65. The topological polar surface area (TPSA) is 3.24 Å². The van der Waals surface area contributed by atoms with Crippen LogP contribution in [-0.4, -0.2) is 25.0 Å². The van der Waals surface area contributed by atoms with E-state index < -0.39 is 0 Å². The minimum atomic E-state index is 0.531. The van der Waals surface area contributed by atoms with E-state index >= 15 is 0 Å². The van der Waals surface area contributed by atoms with Crippen molar-refractivity contribution in [2.45, 2.75) is 40.0 Å². The molecule has 2 aliphatic rings. The highest BCUT2D eigenvalue weighted by molar-refractivity contribution is 5.04. The molecule has 1 aliphatic heterocycles. The van der Waals surface area contributed by atoms with Crippen LogP contribution in [0.4, 0.5) is 0 Å². The van der Waals surface area contributed by atoms with Gasteiger partial charge in [0.2, 0.25) is 0 Å². The normalized spacial score (nSPS) is 41.1. The molecular formula is C12H23N. The van der Waals surface area contributed by atoms with E-state index in [1.54, 1.807) is 0 Å². The van der Waals surface area contributed by atoms with Crippen molar-refractivity contribution in [2.75, 3.05) is 20.1 Å². The maximum atomic E-state index is 2.51. The second-order valence-electron chi connectivity index (χ2n) is 6.31. The Labute approximate surface area is 82.5 Å². The molecule has 2 fully saturated rings. The Balaban J connectivity index is 2.09. The summed E-state index contributed by atoms with van der Waals surface area (Å²) < 4.78 is 0. The van der Waals surface area contributed by atoms with Crippen molar-refractivity contribution >= 4 is 0 Å². The number of hydrogen-bond acceptors (Lipinski definition) is 1. The summed E-state index contributed by atoms with van der Waals surface area (Å²) >= 11 is 0. The molecule has 0 radical (unpaired) electrons. The fourth-order valence-electron chi connectivity index (χ4n) is 3.65. The average molecular weight is 181 g/mol. The van der Waals surface area contributed by atoms with Gasteiger partial charge in [-0.3, -0.25) is 0 Å². The molecule has 1 saturated heterocycles. The summed E-state index contributed by atoms with van der Waals surface area (Å²) in [6.07, 6.45) is 4.40. The molecule has 2 atom stereocenters. The molecule has 0 amide bonds. The lowest BCUT2D eigenvalue weighted by Crippen LogP contribution is -2.48. The first-order chi connectivity index (χ1) is 5.94. The van der Waals surface area contributed by atoms with E-state index in [2.05, 4.69) is 32.7 Å². The smallest absolute Gasteiger partial charge is 0.00383 e. The zero-order valence-corrected chi connectivity index (χ0v) is 9.56. The third-order valence-corrected chi connectivity index (χ3v) is 4.29. The minimum Gasteiger partial charge on any atom is -0.306 e.